The van der Waals surface area contributed by atoms with Crippen molar-refractivity contribution in [3.63, 3.8) is 0 Å². The second-order valence-electron chi connectivity index (χ2n) is 5.39. The van der Waals surface area contributed by atoms with Gasteiger partial charge in [0.05, 0.1) is 12.2 Å². The van der Waals surface area contributed by atoms with Gasteiger partial charge in [0, 0.05) is 11.3 Å². The normalized spacial score (nSPS) is 10.3. The number of hydrogen-bond donors (Lipinski definition) is 1. The maximum atomic E-state index is 12.0. The first kappa shape index (κ1) is 15.8. The first-order valence-electron chi connectivity index (χ1n) is 7.20. The molecule has 4 heteroatoms. The Morgan fingerprint density at radius 1 is 0.955 bits per heavy atom. The fraction of sp³-hybridized carbons (Fsp3) is 0.222. The number of carbonyl (C=O) groups is 2. The molecule has 0 bridgehead atoms. The van der Waals surface area contributed by atoms with E-state index in [0.29, 0.717) is 29.3 Å². The third-order valence-electron chi connectivity index (χ3n) is 2.96. The van der Waals surface area contributed by atoms with Crippen molar-refractivity contribution in [2.75, 3.05) is 11.9 Å². The molecule has 2 aromatic rings. The summed E-state index contributed by atoms with van der Waals surface area (Å²) in [5.41, 5.74) is 1.69. The van der Waals surface area contributed by atoms with Gasteiger partial charge in [-0.3, -0.25) is 4.79 Å². The molecular formula is C18H19NO3. The maximum Gasteiger partial charge on any atom is 0.338 e. The average molecular weight is 297 g/mol. The number of rotatable bonds is 5. The van der Waals surface area contributed by atoms with E-state index in [1.807, 2.05) is 32.0 Å². The number of benzene rings is 2. The number of hydrogen-bond acceptors (Lipinski definition) is 3. The van der Waals surface area contributed by atoms with Crippen molar-refractivity contribution >= 4 is 17.6 Å². The van der Waals surface area contributed by atoms with Crippen LogP contribution in [0.1, 0.15) is 34.6 Å². The van der Waals surface area contributed by atoms with Gasteiger partial charge in [-0.25, -0.2) is 4.79 Å². The number of ether oxygens (including phenoxy) is 1. The molecule has 0 fully saturated rings. The van der Waals surface area contributed by atoms with Crippen molar-refractivity contribution in [3.05, 3.63) is 65.7 Å². The minimum absolute atomic E-state index is 0.185. The summed E-state index contributed by atoms with van der Waals surface area (Å²) >= 11 is 0. The molecule has 2 aromatic carbocycles. The van der Waals surface area contributed by atoms with Crippen LogP contribution in [0.15, 0.2) is 54.6 Å². The molecule has 0 aliphatic heterocycles. The van der Waals surface area contributed by atoms with E-state index in [-0.39, 0.29) is 11.9 Å². The van der Waals surface area contributed by atoms with E-state index in [1.165, 1.54) is 0 Å². The Morgan fingerprint density at radius 2 is 1.59 bits per heavy atom. The van der Waals surface area contributed by atoms with Crippen molar-refractivity contribution in [2.45, 2.75) is 13.8 Å². The van der Waals surface area contributed by atoms with E-state index < -0.39 is 0 Å². The highest BCUT2D eigenvalue weighted by molar-refractivity contribution is 6.04. The Labute approximate surface area is 130 Å². The lowest BCUT2D eigenvalue weighted by atomic mass is 10.2. The molecule has 0 aliphatic carbocycles. The van der Waals surface area contributed by atoms with Gasteiger partial charge in [-0.1, -0.05) is 32.0 Å². The van der Waals surface area contributed by atoms with Crippen molar-refractivity contribution in [1.82, 2.24) is 0 Å². The lowest BCUT2D eigenvalue weighted by Gasteiger charge is -2.08. The Bertz CT molecular complexity index is 633. The summed E-state index contributed by atoms with van der Waals surface area (Å²) in [7, 11) is 0. The van der Waals surface area contributed by atoms with Crippen molar-refractivity contribution in [1.29, 1.82) is 0 Å². The zero-order chi connectivity index (χ0) is 15.9. The summed E-state index contributed by atoms with van der Waals surface area (Å²) in [6.45, 7) is 4.36. The SMILES string of the molecule is CC(C)COC(=O)c1ccc(NC(=O)c2ccccc2)cc1. The van der Waals surface area contributed by atoms with Gasteiger partial charge >= 0.3 is 5.97 Å². The van der Waals surface area contributed by atoms with Gasteiger partial charge in [0.2, 0.25) is 0 Å². The molecule has 0 unspecified atom stereocenters. The highest BCUT2D eigenvalue weighted by Crippen LogP contribution is 2.12. The quantitative estimate of drug-likeness (QED) is 0.855. The van der Waals surface area contributed by atoms with Gasteiger partial charge in [0.25, 0.3) is 5.91 Å². The van der Waals surface area contributed by atoms with E-state index >= 15 is 0 Å². The van der Waals surface area contributed by atoms with E-state index in [4.69, 9.17) is 4.74 Å². The lowest BCUT2D eigenvalue weighted by Crippen LogP contribution is -2.12. The molecule has 0 aliphatic rings. The van der Waals surface area contributed by atoms with Crippen LogP contribution in [0.4, 0.5) is 5.69 Å². The Kier molecular flexibility index (Phi) is 5.31. The summed E-state index contributed by atoms with van der Waals surface area (Å²) in [5, 5.41) is 2.78. The van der Waals surface area contributed by atoms with Gasteiger partial charge in [0.1, 0.15) is 0 Å². The zero-order valence-electron chi connectivity index (χ0n) is 12.7. The standard InChI is InChI=1S/C18H19NO3/c1-13(2)12-22-18(21)15-8-10-16(11-9-15)19-17(20)14-6-4-3-5-7-14/h3-11,13H,12H2,1-2H3,(H,19,20). The third kappa shape index (κ3) is 4.45. The lowest BCUT2D eigenvalue weighted by molar-refractivity contribution is 0.0459. The summed E-state index contributed by atoms with van der Waals surface area (Å²) in [5.74, 6) is -0.237. The maximum absolute atomic E-state index is 12.0. The van der Waals surface area contributed by atoms with E-state index in [0.717, 1.165) is 0 Å². The summed E-state index contributed by atoms with van der Waals surface area (Å²) in [4.78, 5) is 23.8. The number of anilines is 1. The Hall–Kier alpha value is -2.62. The first-order chi connectivity index (χ1) is 10.6. The molecule has 114 valence electrons. The van der Waals surface area contributed by atoms with Crippen LogP contribution in [0, 0.1) is 5.92 Å². The minimum Gasteiger partial charge on any atom is -0.462 e. The van der Waals surface area contributed by atoms with Crippen LogP contribution >= 0.6 is 0 Å². The summed E-state index contributed by atoms with van der Waals surface area (Å²) in [6, 6.07) is 15.6. The fourth-order valence-corrected chi connectivity index (χ4v) is 1.81. The van der Waals surface area contributed by atoms with Crippen molar-refractivity contribution in [2.24, 2.45) is 5.92 Å². The minimum atomic E-state index is -0.352. The molecular weight excluding hydrogens is 278 g/mol. The van der Waals surface area contributed by atoms with Crippen LogP contribution < -0.4 is 5.32 Å². The van der Waals surface area contributed by atoms with E-state index in [9.17, 15) is 9.59 Å². The van der Waals surface area contributed by atoms with Crippen molar-refractivity contribution in [3.8, 4) is 0 Å². The smallest absolute Gasteiger partial charge is 0.338 e. The molecule has 0 radical (unpaired) electrons. The van der Waals surface area contributed by atoms with Gasteiger partial charge in [-0.2, -0.15) is 0 Å². The average Bonchev–Trinajstić information content (AvgIpc) is 2.54. The molecule has 0 aromatic heterocycles. The first-order valence-corrected chi connectivity index (χ1v) is 7.20. The molecule has 4 nitrogen and oxygen atoms in total. The fourth-order valence-electron chi connectivity index (χ4n) is 1.81. The molecule has 22 heavy (non-hydrogen) atoms. The van der Waals surface area contributed by atoms with Gasteiger partial charge < -0.3 is 10.1 Å². The highest BCUT2D eigenvalue weighted by Gasteiger charge is 2.09. The van der Waals surface area contributed by atoms with Crippen LogP contribution in [-0.4, -0.2) is 18.5 Å². The number of carbonyl (C=O) groups excluding carboxylic acids is 2. The largest absolute Gasteiger partial charge is 0.462 e. The molecule has 0 saturated carbocycles. The number of amides is 1. The molecule has 0 heterocycles. The molecule has 0 spiro atoms. The Balaban J connectivity index is 1.97. The van der Waals surface area contributed by atoms with Crippen LogP contribution in [0.2, 0.25) is 0 Å². The van der Waals surface area contributed by atoms with E-state index in [2.05, 4.69) is 5.32 Å². The zero-order valence-corrected chi connectivity index (χ0v) is 12.7. The van der Waals surface area contributed by atoms with Gasteiger partial charge in [0.15, 0.2) is 0 Å². The third-order valence-corrected chi connectivity index (χ3v) is 2.96. The highest BCUT2D eigenvalue weighted by atomic mass is 16.5. The monoisotopic (exact) mass is 297 g/mol. The molecule has 1 N–H and O–H groups in total. The molecule has 0 saturated heterocycles. The van der Waals surface area contributed by atoms with Crippen LogP contribution in [0.3, 0.4) is 0 Å². The van der Waals surface area contributed by atoms with Gasteiger partial charge in [-0.15, -0.1) is 0 Å². The predicted octanol–water partition coefficient (Wildman–Crippen LogP) is 3.75. The van der Waals surface area contributed by atoms with Crippen LogP contribution in [-0.2, 0) is 4.74 Å². The summed E-state index contributed by atoms with van der Waals surface area (Å²) < 4.78 is 5.15. The summed E-state index contributed by atoms with van der Waals surface area (Å²) in [6.07, 6.45) is 0. The number of esters is 1. The molecule has 2 rings (SSSR count). The van der Waals surface area contributed by atoms with Crippen LogP contribution in [0.5, 0.6) is 0 Å². The van der Waals surface area contributed by atoms with E-state index in [1.54, 1.807) is 36.4 Å². The molecule has 1 amide bonds. The Morgan fingerprint density at radius 3 is 2.18 bits per heavy atom. The van der Waals surface area contributed by atoms with Crippen LogP contribution in [0.25, 0.3) is 0 Å². The number of nitrogens with one attached hydrogen (secondary N) is 1. The predicted molar refractivity (Wildman–Crippen MR) is 86.0 cm³/mol. The molecule has 0 atom stereocenters. The second-order valence-corrected chi connectivity index (χ2v) is 5.39. The topological polar surface area (TPSA) is 55.4 Å². The second kappa shape index (κ2) is 7.41. The van der Waals surface area contributed by atoms with Gasteiger partial charge in [-0.05, 0) is 42.3 Å². The van der Waals surface area contributed by atoms with Crippen molar-refractivity contribution < 1.29 is 14.3 Å².